The largest absolute Gasteiger partial charge is 0.481 e. The van der Waals surface area contributed by atoms with Crippen LogP contribution in [0.3, 0.4) is 0 Å². The average molecular weight is 438 g/mol. The molecule has 8 heteroatoms. The first-order chi connectivity index (χ1) is 15.9. The van der Waals surface area contributed by atoms with Crippen LogP contribution in [0.15, 0.2) is 54.9 Å². The number of aromatic amines is 1. The van der Waals surface area contributed by atoms with Crippen LogP contribution in [-0.4, -0.2) is 44.1 Å². The van der Waals surface area contributed by atoms with Gasteiger partial charge in [0, 0.05) is 36.6 Å². The molecule has 0 amide bonds. The van der Waals surface area contributed by atoms with Crippen LogP contribution in [-0.2, 0) is 4.79 Å². The minimum Gasteiger partial charge on any atom is -0.481 e. The molecule has 1 fully saturated rings. The minimum atomic E-state index is -0.727. The Hall–Kier alpha value is -4.25. The van der Waals surface area contributed by atoms with E-state index in [4.69, 9.17) is 5.26 Å². The van der Waals surface area contributed by atoms with Crippen LogP contribution in [0, 0.1) is 16.7 Å². The van der Waals surface area contributed by atoms with Gasteiger partial charge in [0.15, 0.2) is 0 Å². The van der Waals surface area contributed by atoms with Crippen LogP contribution in [0.25, 0.3) is 33.7 Å². The highest BCUT2D eigenvalue weighted by Crippen LogP contribution is 2.33. The highest BCUT2D eigenvalue weighted by Gasteiger charge is 2.37. The van der Waals surface area contributed by atoms with Gasteiger partial charge < -0.3 is 15.0 Å². The number of piperidine rings is 1. The number of H-pyrrole nitrogens is 1. The predicted molar refractivity (Wildman–Crippen MR) is 124 cm³/mol. The Morgan fingerprint density at radius 1 is 1.09 bits per heavy atom. The van der Waals surface area contributed by atoms with Crippen molar-refractivity contribution in [2.45, 2.75) is 19.8 Å². The molecular weight excluding hydrogens is 416 g/mol. The fourth-order valence-electron chi connectivity index (χ4n) is 4.08. The number of pyridine rings is 2. The van der Waals surface area contributed by atoms with E-state index in [1.54, 1.807) is 24.5 Å². The Kier molecular flexibility index (Phi) is 5.02. The molecule has 0 atom stereocenters. The number of nitrogens with one attached hydrogen (secondary N) is 1. The van der Waals surface area contributed by atoms with Crippen molar-refractivity contribution in [3.05, 3.63) is 60.4 Å². The molecule has 33 heavy (non-hydrogen) atoms. The lowest BCUT2D eigenvalue weighted by Crippen LogP contribution is -2.43. The fraction of sp³-hybridized carbons (Fsp3) is 0.240. The molecule has 4 heterocycles. The standard InChI is InChI=1S/C25H22N6O2/c1-25(24(32)33)8-10-31(11-9-25)22-7-4-17(14-28-22)19-6-3-18(15-27-19)23-29-20-5-2-16(13-26)12-21(20)30-23/h2-7,12,14-15H,8-11H2,1H3,(H,29,30)(H,32,33). The molecule has 0 radical (unpaired) electrons. The van der Waals surface area contributed by atoms with Crippen molar-refractivity contribution in [1.29, 1.82) is 5.26 Å². The number of rotatable bonds is 4. The molecule has 4 aromatic rings. The van der Waals surface area contributed by atoms with Crippen molar-refractivity contribution >= 4 is 22.8 Å². The van der Waals surface area contributed by atoms with E-state index in [-0.39, 0.29) is 0 Å². The number of carbonyl (C=O) groups is 1. The first-order valence-corrected chi connectivity index (χ1v) is 10.8. The van der Waals surface area contributed by atoms with Crippen molar-refractivity contribution < 1.29 is 9.90 Å². The Labute approximate surface area is 190 Å². The van der Waals surface area contributed by atoms with Gasteiger partial charge in [-0.15, -0.1) is 0 Å². The van der Waals surface area contributed by atoms with Crippen molar-refractivity contribution in [2.24, 2.45) is 5.41 Å². The van der Waals surface area contributed by atoms with E-state index in [0.717, 1.165) is 33.7 Å². The lowest BCUT2D eigenvalue weighted by Gasteiger charge is -2.37. The van der Waals surface area contributed by atoms with Crippen molar-refractivity contribution in [3.8, 4) is 28.7 Å². The third kappa shape index (κ3) is 3.89. The number of carboxylic acids is 1. The van der Waals surface area contributed by atoms with Crippen molar-refractivity contribution in [1.82, 2.24) is 19.9 Å². The van der Waals surface area contributed by atoms with Gasteiger partial charge in [0.25, 0.3) is 0 Å². The number of aliphatic carboxylic acids is 1. The second kappa shape index (κ2) is 8.02. The maximum absolute atomic E-state index is 11.4. The molecule has 1 aliphatic heterocycles. The van der Waals surface area contributed by atoms with E-state index >= 15 is 0 Å². The van der Waals surface area contributed by atoms with Gasteiger partial charge in [-0.05, 0) is 62.2 Å². The number of imidazole rings is 1. The van der Waals surface area contributed by atoms with Crippen molar-refractivity contribution in [2.75, 3.05) is 18.0 Å². The smallest absolute Gasteiger partial charge is 0.309 e. The minimum absolute atomic E-state index is 0.574. The zero-order valence-electron chi connectivity index (χ0n) is 18.1. The van der Waals surface area contributed by atoms with E-state index in [1.165, 1.54) is 0 Å². The summed E-state index contributed by atoms with van der Waals surface area (Å²) < 4.78 is 0. The summed E-state index contributed by atoms with van der Waals surface area (Å²) >= 11 is 0. The highest BCUT2D eigenvalue weighted by atomic mass is 16.4. The SMILES string of the molecule is CC1(C(=O)O)CCN(c2ccc(-c3ccc(-c4nc5cc(C#N)ccc5[nH]4)cn3)cn2)CC1. The average Bonchev–Trinajstić information content (AvgIpc) is 3.28. The zero-order chi connectivity index (χ0) is 23.0. The van der Waals surface area contributed by atoms with Gasteiger partial charge >= 0.3 is 5.97 Å². The summed E-state index contributed by atoms with van der Waals surface area (Å²) in [7, 11) is 0. The van der Waals surface area contributed by atoms with Gasteiger partial charge in [0.2, 0.25) is 0 Å². The predicted octanol–water partition coefficient (Wildman–Crippen LogP) is 4.25. The Bertz CT molecular complexity index is 1360. The third-order valence-corrected chi connectivity index (χ3v) is 6.40. The molecule has 1 saturated heterocycles. The molecule has 5 rings (SSSR count). The number of anilines is 1. The molecular formula is C25H22N6O2. The van der Waals surface area contributed by atoms with Gasteiger partial charge in [-0.3, -0.25) is 9.78 Å². The molecule has 0 spiro atoms. The molecule has 3 aromatic heterocycles. The number of benzene rings is 1. The fourth-order valence-corrected chi connectivity index (χ4v) is 4.08. The summed E-state index contributed by atoms with van der Waals surface area (Å²) in [6, 6.07) is 15.3. The van der Waals surface area contributed by atoms with E-state index in [0.29, 0.717) is 37.3 Å². The molecule has 0 bridgehead atoms. The van der Waals surface area contributed by atoms with Gasteiger partial charge in [-0.2, -0.15) is 5.26 Å². The van der Waals surface area contributed by atoms with Gasteiger partial charge in [-0.1, -0.05) is 0 Å². The van der Waals surface area contributed by atoms with Gasteiger partial charge in [0.1, 0.15) is 11.6 Å². The lowest BCUT2D eigenvalue weighted by molar-refractivity contribution is -0.149. The number of nitrogens with zero attached hydrogens (tertiary/aromatic N) is 5. The maximum atomic E-state index is 11.4. The van der Waals surface area contributed by atoms with Crippen LogP contribution in [0.2, 0.25) is 0 Å². The topological polar surface area (TPSA) is 119 Å². The summed E-state index contributed by atoms with van der Waals surface area (Å²) in [5, 5.41) is 18.5. The Morgan fingerprint density at radius 3 is 2.48 bits per heavy atom. The quantitative estimate of drug-likeness (QED) is 0.489. The van der Waals surface area contributed by atoms with Crippen molar-refractivity contribution in [3.63, 3.8) is 0 Å². The maximum Gasteiger partial charge on any atom is 0.309 e. The van der Waals surface area contributed by atoms with E-state index in [9.17, 15) is 9.90 Å². The Morgan fingerprint density at radius 2 is 1.85 bits per heavy atom. The highest BCUT2D eigenvalue weighted by molar-refractivity contribution is 5.80. The van der Waals surface area contributed by atoms with E-state index in [1.807, 2.05) is 37.3 Å². The molecule has 1 aromatic carbocycles. The molecule has 164 valence electrons. The summed E-state index contributed by atoms with van der Waals surface area (Å²) in [6.45, 7) is 3.17. The second-order valence-corrected chi connectivity index (χ2v) is 8.62. The summed E-state index contributed by atoms with van der Waals surface area (Å²) in [6.07, 6.45) is 4.78. The molecule has 0 unspecified atom stereocenters. The Balaban J connectivity index is 1.31. The number of carboxylic acid groups (broad SMARTS) is 1. The van der Waals surface area contributed by atoms with Crippen LogP contribution >= 0.6 is 0 Å². The monoisotopic (exact) mass is 438 g/mol. The normalized spacial score (nSPS) is 15.3. The molecule has 0 saturated carbocycles. The van der Waals surface area contributed by atoms with Crippen LogP contribution < -0.4 is 4.90 Å². The summed E-state index contributed by atoms with van der Waals surface area (Å²) in [4.78, 5) is 30.6. The van der Waals surface area contributed by atoms with E-state index in [2.05, 4.69) is 30.9 Å². The summed E-state index contributed by atoms with van der Waals surface area (Å²) in [5.41, 5.74) is 4.10. The molecule has 8 nitrogen and oxygen atoms in total. The zero-order valence-corrected chi connectivity index (χ0v) is 18.1. The van der Waals surface area contributed by atoms with Crippen LogP contribution in [0.5, 0.6) is 0 Å². The lowest BCUT2D eigenvalue weighted by atomic mass is 9.80. The van der Waals surface area contributed by atoms with Gasteiger partial charge in [0.05, 0.1) is 33.8 Å². The first-order valence-electron chi connectivity index (χ1n) is 10.8. The first kappa shape index (κ1) is 20.6. The number of fused-ring (bicyclic) bond motifs is 1. The van der Waals surface area contributed by atoms with Gasteiger partial charge in [-0.25, -0.2) is 9.97 Å². The number of aromatic nitrogens is 4. The molecule has 0 aliphatic carbocycles. The molecule has 1 aliphatic rings. The second-order valence-electron chi connectivity index (χ2n) is 8.62. The van der Waals surface area contributed by atoms with E-state index < -0.39 is 11.4 Å². The third-order valence-electron chi connectivity index (χ3n) is 6.40. The van der Waals surface area contributed by atoms with Crippen LogP contribution in [0.4, 0.5) is 5.82 Å². The number of hydrogen-bond acceptors (Lipinski definition) is 6. The summed E-state index contributed by atoms with van der Waals surface area (Å²) in [5.74, 6) is 0.822. The van der Waals surface area contributed by atoms with Crippen LogP contribution in [0.1, 0.15) is 25.3 Å². The number of nitriles is 1. The number of hydrogen-bond donors (Lipinski definition) is 2. The molecule has 2 N–H and O–H groups in total.